The topological polar surface area (TPSA) is 115 Å². The van der Waals surface area contributed by atoms with E-state index in [2.05, 4.69) is 20.8 Å². The van der Waals surface area contributed by atoms with Crippen molar-refractivity contribution in [3.05, 3.63) is 32.9 Å². The van der Waals surface area contributed by atoms with Gasteiger partial charge < -0.3 is 18.9 Å². The molecule has 0 spiro atoms. The molecule has 0 N–H and O–H groups in total. The Morgan fingerprint density at radius 1 is 0.725 bits per heavy atom. The van der Waals surface area contributed by atoms with Crippen molar-refractivity contribution in [2.45, 2.75) is 206 Å². The van der Waals surface area contributed by atoms with Gasteiger partial charge in [-0.15, -0.1) is 0 Å². The second-order valence-corrected chi connectivity index (χ2v) is 14.2. The lowest BCUT2D eigenvalue weighted by Gasteiger charge is -2.19. The molecule has 0 radical (unpaired) electrons. The fourth-order valence-corrected chi connectivity index (χ4v) is 6.47. The van der Waals surface area contributed by atoms with E-state index in [1.807, 2.05) is 0 Å². The summed E-state index contributed by atoms with van der Waals surface area (Å²) in [6.45, 7) is 6.23. The summed E-state index contributed by atoms with van der Waals surface area (Å²) in [6, 6.07) is 0. The van der Waals surface area contributed by atoms with Gasteiger partial charge in [-0.3, -0.25) is 19.0 Å². The molecule has 0 amide bonds. The van der Waals surface area contributed by atoms with Crippen molar-refractivity contribution in [1.82, 2.24) is 9.13 Å². The number of unbranched alkanes of at least 4 members (excludes halogenated alkanes) is 19. The van der Waals surface area contributed by atoms with Crippen molar-refractivity contribution in [3.8, 4) is 0 Å². The van der Waals surface area contributed by atoms with Crippen LogP contribution in [0.5, 0.6) is 0 Å². The molecule has 1 fully saturated rings. The SMILES string of the molecule is CCCCCCCCCCCCCCCCOCn1c(=O)c(F)cn([C@H]2C[C@H](OC(=O)CCCCCC)[C@@H](COC(=O)CCCCCC)O2)c1=O. The van der Waals surface area contributed by atoms with E-state index in [-0.39, 0.29) is 38.6 Å². The summed E-state index contributed by atoms with van der Waals surface area (Å²) < 4.78 is 39.5. The highest BCUT2D eigenvalue weighted by molar-refractivity contribution is 5.70. The van der Waals surface area contributed by atoms with E-state index in [4.69, 9.17) is 18.9 Å². The Morgan fingerprint density at radius 2 is 1.22 bits per heavy atom. The van der Waals surface area contributed by atoms with Crippen molar-refractivity contribution >= 4 is 11.9 Å². The zero-order valence-electron chi connectivity index (χ0n) is 32.1. The Morgan fingerprint density at radius 3 is 1.76 bits per heavy atom. The standard InChI is InChI=1S/C40H69FN2O8/c1-4-7-10-13-14-15-16-17-18-19-20-21-22-25-28-48-32-43-39(46)33(41)30-42(40(43)47)36-29-34(51-38(45)27-24-12-9-6-3)35(50-36)31-49-37(44)26-23-11-8-5-2/h30,34-36H,4-29,31-32H2,1-3H3/t34-,35+,36+/m0/s1. The molecule has 10 nitrogen and oxygen atoms in total. The van der Waals surface area contributed by atoms with Gasteiger partial charge in [0.05, 0.1) is 6.20 Å². The van der Waals surface area contributed by atoms with Crippen molar-refractivity contribution < 1.29 is 32.9 Å². The van der Waals surface area contributed by atoms with E-state index < -0.39 is 41.5 Å². The van der Waals surface area contributed by atoms with E-state index in [0.717, 1.165) is 73.1 Å². The lowest BCUT2D eigenvalue weighted by molar-refractivity contribution is -0.158. The third-order valence-corrected chi connectivity index (χ3v) is 9.67. The maximum atomic E-state index is 14.9. The van der Waals surface area contributed by atoms with Crippen molar-refractivity contribution in [3.63, 3.8) is 0 Å². The molecule has 0 aliphatic carbocycles. The molecule has 1 saturated heterocycles. The van der Waals surface area contributed by atoms with Crippen LogP contribution in [0.25, 0.3) is 0 Å². The molecule has 0 unspecified atom stereocenters. The van der Waals surface area contributed by atoms with Gasteiger partial charge in [0.1, 0.15) is 31.8 Å². The Bertz CT molecular complexity index is 1200. The fourth-order valence-electron chi connectivity index (χ4n) is 6.47. The molecule has 0 aromatic carbocycles. The van der Waals surface area contributed by atoms with Gasteiger partial charge in [-0.1, -0.05) is 143 Å². The maximum Gasteiger partial charge on any atom is 0.335 e. The summed E-state index contributed by atoms with van der Waals surface area (Å²) in [5, 5.41) is 0. The smallest absolute Gasteiger partial charge is 0.335 e. The average molecular weight is 725 g/mol. The van der Waals surface area contributed by atoms with Crippen LogP contribution in [-0.2, 0) is 35.3 Å². The maximum absolute atomic E-state index is 14.9. The first kappa shape index (κ1) is 44.6. The molecule has 1 aliphatic heterocycles. The van der Waals surface area contributed by atoms with Gasteiger partial charge in [0.15, 0.2) is 0 Å². The van der Waals surface area contributed by atoms with Crippen LogP contribution < -0.4 is 11.2 Å². The van der Waals surface area contributed by atoms with Gasteiger partial charge in [-0.25, -0.2) is 9.36 Å². The molecule has 1 aromatic heterocycles. The number of aromatic nitrogens is 2. The molecular formula is C40H69FN2O8. The molecule has 294 valence electrons. The van der Waals surface area contributed by atoms with E-state index >= 15 is 0 Å². The molecule has 2 rings (SSSR count). The molecule has 51 heavy (non-hydrogen) atoms. The van der Waals surface area contributed by atoms with Crippen LogP contribution in [0.15, 0.2) is 15.8 Å². The largest absolute Gasteiger partial charge is 0.463 e. The molecule has 0 bridgehead atoms. The van der Waals surface area contributed by atoms with Gasteiger partial charge in [0, 0.05) is 25.9 Å². The van der Waals surface area contributed by atoms with Crippen LogP contribution in [0.4, 0.5) is 4.39 Å². The predicted molar refractivity (Wildman–Crippen MR) is 198 cm³/mol. The zero-order valence-corrected chi connectivity index (χ0v) is 32.1. The number of ether oxygens (including phenoxy) is 4. The highest BCUT2D eigenvalue weighted by atomic mass is 19.1. The van der Waals surface area contributed by atoms with Crippen LogP contribution >= 0.6 is 0 Å². The Hall–Kier alpha value is -2.53. The van der Waals surface area contributed by atoms with E-state index in [9.17, 15) is 23.6 Å². The average Bonchev–Trinajstić information content (AvgIpc) is 3.52. The molecule has 3 atom stereocenters. The molecular weight excluding hydrogens is 655 g/mol. The number of esters is 2. The van der Waals surface area contributed by atoms with E-state index in [1.54, 1.807) is 0 Å². The summed E-state index contributed by atoms with van der Waals surface area (Å²) in [5.41, 5.74) is -1.86. The van der Waals surface area contributed by atoms with Crippen molar-refractivity contribution in [1.29, 1.82) is 0 Å². The minimum atomic E-state index is -1.12. The second-order valence-electron chi connectivity index (χ2n) is 14.2. The highest BCUT2D eigenvalue weighted by Gasteiger charge is 2.40. The number of hydrogen-bond donors (Lipinski definition) is 0. The quantitative estimate of drug-likeness (QED) is 0.0550. The van der Waals surface area contributed by atoms with Crippen LogP contribution in [0.3, 0.4) is 0 Å². The van der Waals surface area contributed by atoms with Gasteiger partial charge in [-0.2, -0.15) is 4.39 Å². The number of hydrogen-bond acceptors (Lipinski definition) is 8. The number of nitrogens with zero attached hydrogens (tertiary/aromatic N) is 2. The molecule has 1 aliphatic rings. The minimum Gasteiger partial charge on any atom is -0.463 e. The monoisotopic (exact) mass is 725 g/mol. The third-order valence-electron chi connectivity index (χ3n) is 9.67. The van der Waals surface area contributed by atoms with Crippen LogP contribution in [0.1, 0.15) is 188 Å². The Labute approximate surface area is 306 Å². The Kier molecular flexibility index (Phi) is 24.5. The molecule has 11 heteroatoms. The summed E-state index contributed by atoms with van der Waals surface area (Å²) in [6.07, 6.45) is 23.4. The van der Waals surface area contributed by atoms with Crippen LogP contribution in [0.2, 0.25) is 0 Å². The highest BCUT2D eigenvalue weighted by Crippen LogP contribution is 2.31. The van der Waals surface area contributed by atoms with Gasteiger partial charge in [0.25, 0.3) is 5.56 Å². The molecule has 2 heterocycles. The third kappa shape index (κ3) is 18.7. The summed E-state index contributed by atoms with van der Waals surface area (Å²) >= 11 is 0. The summed E-state index contributed by atoms with van der Waals surface area (Å²) in [5.74, 6) is -1.91. The first-order valence-corrected chi connectivity index (χ1v) is 20.4. The number of carbonyl (C=O) groups excluding carboxylic acids is 2. The van der Waals surface area contributed by atoms with E-state index in [1.165, 1.54) is 70.6 Å². The van der Waals surface area contributed by atoms with Crippen LogP contribution in [0, 0.1) is 5.82 Å². The zero-order chi connectivity index (χ0) is 37.1. The first-order valence-electron chi connectivity index (χ1n) is 20.4. The summed E-state index contributed by atoms with van der Waals surface area (Å²) in [4.78, 5) is 51.0. The first-order chi connectivity index (χ1) is 24.8. The number of halogens is 1. The fraction of sp³-hybridized carbons (Fsp3) is 0.850. The minimum absolute atomic E-state index is 0.0386. The normalized spacial score (nSPS) is 17.2. The van der Waals surface area contributed by atoms with Crippen molar-refractivity contribution in [2.24, 2.45) is 0 Å². The van der Waals surface area contributed by atoms with Gasteiger partial charge in [-0.05, 0) is 19.3 Å². The molecule has 1 aromatic rings. The molecule has 0 saturated carbocycles. The lowest BCUT2D eigenvalue weighted by Crippen LogP contribution is -2.43. The second kappa shape index (κ2) is 28.0. The predicted octanol–water partition coefficient (Wildman–Crippen LogP) is 9.29. The number of carbonyl (C=O) groups is 2. The van der Waals surface area contributed by atoms with Crippen molar-refractivity contribution in [2.75, 3.05) is 13.2 Å². The van der Waals surface area contributed by atoms with Gasteiger partial charge >= 0.3 is 17.6 Å². The lowest BCUT2D eigenvalue weighted by atomic mass is 10.0. The number of rotatable bonds is 31. The van der Waals surface area contributed by atoms with E-state index in [0.29, 0.717) is 19.4 Å². The Balaban J connectivity index is 1.86. The summed E-state index contributed by atoms with van der Waals surface area (Å²) in [7, 11) is 0. The van der Waals surface area contributed by atoms with Gasteiger partial charge in [0.2, 0.25) is 5.82 Å². The van der Waals surface area contributed by atoms with Crippen LogP contribution in [-0.4, -0.2) is 46.5 Å².